The molecule has 0 spiro atoms. The summed E-state index contributed by atoms with van der Waals surface area (Å²) >= 11 is 5.88. The van der Waals surface area contributed by atoms with Crippen molar-refractivity contribution in [1.82, 2.24) is 4.90 Å². The van der Waals surface area contributed by atoms with Gasteiger partial charge in [0.2, 0.25) is 0 Å². The van der Waals surface area contributed by atoms with Crippen molar-refractivity contribution in [3.8, 4) is 0 Å². The van der Waals surface area contributed by atoms with Gasteiger partial charge in [0.25, 0.3) is 0 Å². The maximum Gasteiger partial charge on any atom is 0.409 e. The molecule has 0 N–H and O–H groups in total. The molecule has 1 saturated heterocycles. The summed E-state index contributed by atoms with van der Waals surface area (Å²) in [4.78, 5) is 25.7. The topological polar surface area (TPSA) is 90.0 Å². The Kier molecular flexibility index (Phi) is 9.89. The van der Waals surface area contributed by atoms with Crippen molar-refractivity contribution in [2.75, 3.05) is 26.3 Å². The van der Waals surface area contributed by atoms with Crippen LogP contribution in [0.2, 0.25) is 5.02 Å². The molecule has 0 aromatic heterocycles. The van der Waals surface area contributed by atoms with E-state index in [-0.39, 0.29) is 35.4 Å². The number of hydrogen-bond donors (Lipinski definition) is 0. The molecule has 1 aliphatic rings. The highest BCUT2D eigenvalue weighted by atomic mass is 35.5. The molecule has 0 radical (unpaired) electrons. The SMILES string of the molecule is CCOC(=O)CC1CCN(C(=O)OC[C@@H](C)[C@@H](c2cc(F)ccc2F)S(=O)(=O)c2ccc(Cl)cc2)CC1. The number of amides is 1. The smallest absolute Gasteiger partial charge is 0.409 e. The highest BCUT2D eigenvalue weighted by molar-refractivity contribution is 7.91. The summed E-state index contributed by atoms with van der Waals surface area (Å²) < 4.78 is 66.3. The zero-order valence-corrected chi connectivity index (χ0v) is 22.2. The van der Waals surface area contributed by atoms with E-state index in [1.165, 1.54) is 36.1 Å². The van der Waals surface area contributed by atoms with Gasteiger partial charge in [-0.3, -0.25) is 4.79 Å². The van der Waals surface area contributed by atoms with E-state index in [1.807, 2.05) is 0 Å². The first-order valence-electron chi connectivity index (χ1n) is 12.0. The van der Waals surface area contributed by atoms with E-state index in [0.717, 1.165) is 18.2 Å². The van der Waals surface area contributed by atoms with Crippen molar-refractivity contribution in [2.45, 2.75) is 43.3 Å². The summed E-state index contributed by atoms with van der Waals surface area (Å²) in [6.45, 7) is 3.98. The number of esters is 1. The second kappa shape index (κ2) is 12.7. The molecule has 37 heavy (non-hydrogen) atoms. The van der Waals surface area contributed by atoms with E-state index in [0.29, 0.717) is 37.6 Å². The van der Waals surface area contributed by atoms with Gasteiger partial charge in [0.1, 0.15) is 11.6 Å². The lowest BCUT2D eigenvalue weighted by Gasteiger charge is -2.31. The van der Waals surface area contributed by atoms with Crippen LogP contribution in [0.1, 0.15) is 43.9 Å². The molecule has 0 unspecified atom stereocenters. The van der Waals surface area contributed by atoms with Crippen LogP contribution in [0, 0.1) is 23.5 Å². The van der Waals surface area contributed by atoms with Crippen molar-refractivity contribution in [1.29, 1.82) is 0 Å². The first kappa shape index (κ1) is 28.8. The Labute approximate surface area is 220 Å². The minimum Gasteiger partial charge on any atom is -0.466 e. The molecule has 0 saturated carbocycles. The third kappa shape index (κ3) is 7.41. The number of rotatable bonds is 9. The van der Waals surface area contributed by atoms with E-state index < -0.39 is 38.7 Å². The monoisotopic (exact) mass is 557 g/mol. The number of carbonyl (C=O) groups is 2. The van der Waals surface area contributed by atoms with Crippen LogP contribution in [0.25, 0.3) is 0 Å². The molecule has 3 rings (SSSR count). The first-order chi connectivity index (χ1) is 17.5. The average molecular weight is 558 g/mol. The van der Waals surface area contributed by atoms with E-state index in [1.54, 1.807) is 6.92 Å². The predicted molar refractivity (Wildman–Crippen MR) is 134 cm³/mol. The third-order valence-corrected chi connectivity index (χ3v) is 8.93. The Hall–Kier alpha value is -2.72. The molecular formula is C26H30ClF2NO6S. The second-order valence-electron chi connectivity index (χ2n) is 9.08. The molecule has 0 bridgehead atoms. The molecular weight excluding hydrogens is 528 g/mol. The minimum atomic E-state index is -4.22. The van der Waals surface area contributed by atoms with E-state index >= 15 is 0 Å². The van der Waals surface area contributed by atoms with Gasteiger partial charge in [-0.1, -0.05) is 18.5 Å². The Bertz CT molecular complexity index is 1200. The number of sulfone groups is 1. The summed E-state index contributed by atoms with van der Waals surface area (Å²) in [6, 6.07) is 7.99. The average Bonchev–Trinajstić information content (AvgIpc) is 2.85. The van der Waals surface area contributed by atoms with Crippen molar-refractivity contribution < 1.29 is 36.3 Å². The number of ether oxygens (including phenoxy) is 2. The van der Waals surface area contributed by atoms with Gasteiger partial charge >= 0.3 is 12.1 Å². The summed E-state index contributed by atoms with van der Waals surface area (Å²) in [5, 5.41) is -1.20. The fourth-order valence-corrected chi connectivity index (χ4v) is 6.58. The third-order valence-electron chi connectivity index (χ3n) is 6.36. The van der Waals surface area contributed by atoms with E-state index in [4.69, 9.17) is 21.1 Å². The molecule has 2 aromatic rings. The lowest BCUT2D eigenvalue weighted by atomic mass is 9.94. The number of benzene rings is 2. The van der Waals surface area contributed by atoms with Crippen LogP contribution in [0.5, 0.6) is 0 Å². The Morgan fingerprint density at radius 3 is 2.35 bits per heavy atom. The van der Waals surface area contributed by atoms with Crippen LogP contribution < -0.4 is 0 Å². The van der Waals surface area contributed by atoms with Crippen molar-refractivity contribution in [2.24, 2.45) is 11.8 Å². The van der Waals surface area contributed by atoms with E-state index in [9.17, 15) is 26.8 Å². The molecule has 11 heteroatoms. The highest BCUT2D eigenvalue weighted by Gasteiger charge is 2.37. The van der Waals surface area contributed by atoms with Crippen molar-refractivity contribution in [3.63, 3.8) is 0 Å². The second-order valence-corrected chi connectivity index (χ2v) is 11.6. The maximum absolute atomic E-state index is 14.8. The van der Waals surface area contributed by atoms with Gasteiger partial charge < -0.3 is 14.4 Å². The molecule has 2 aromatic carbocycles. The van der Waals surface area contributed by atoms with Gasteiger partial charge in [-0.05, 0) is 68.1 Å². The molecule has 2 atom stereocenters. The van der Waals surface area contributed by atoms with Gasteiger partial charge in [-0.25, -0.2) is 22.0 Å². The number of piperidine rings is 1. The van der Waals surface area contributed by atoms with Crippen LogP contribution in [-0.4, -0.2) is 51.7 Å². The molecule has 7 nitrogen and oxygen atoms in total. The van der Waals surface area contributed by atoms with Crippen LogP contribution in [0.3, 0.4) is 0 Å². The summed E-state index contributed by atoms with van der Waals surface area (Å²) in [5.41, 5.74) is -0.349. The van der Waals surface area contributed by atoms with Crippen LogP contribution in [0.4, 0.5) is 13.6 Å². The zero-order chi connectivity index (χ0) is 27.2. The maximum atomic E-state index is 14.8. The van der Waals surface area contributed by atoms with Crippen molar-refractivity contribution >= 4 is 33.5 Å². The normalized spacial score (nSPS) is 16.2. The highest BCUT2D eigenvalue weighted by Crippen LogP contribution is 2.37. The van der Waals surface area contributed by atoms with Gasteiger partial charge in [0.15, 0.2) is 9.84 Å². The Morgan fingerprint density at radius 2 is 1.73 bits per heavy atom. The van der Waals surface area contributed by atoms with Crippen LogP contribution in [0.15, 0.2) is 47.4 Å². The zero-order valence-electron chi connectivity index (χ0n) is 20.7. The molecule has 0 aliphatic carbocycles. The summed E-state index contributed by atoms with van der Waals surface area (Å²) in [5.74, 6) is -2.75. The first-order valence-corrected chi connectivity index (χ1v) is 14.0. The Balaban J connectivity index is 1.72. The molecule has 1 aliphatic heterocycles. The predicted octanol–water partition coefficient (Wildman–Crippen LogP) is 5.57. The Morgan fingerprint density at radius 1 is 1.08 bits per heavy atom. The van der Waals surface area contributed by atoms with Gasteiger partial charge in [-0.15, -0.1) is 0 Å². The standard InChI is InChI=1S/C26H30ClF2NO6S/c1-3-35-24(31)14-18-10-12-30(13-11-18)26(32)36-16-17(2)25(22-15-20(28)6-9-23(22)29)37(33,34)21-7-4-19(27)5-8-21/h4-9,15,17-18,25H,3,10-14,16H2,1-2H3/t17-,25+/m1/s1. The molecule has 1 fully saturated rings. The van der Waals surface area contributed by atoms with Gasteiger partial charge in [0.05, 0.1) is 23.4 Å². The number of halogens is 3. The van der Waals surface area contributed by atoms with Gasteiger partial charge in [0, 0.05) is 36.0 Å². The number of hydrogen-bond acceptors (Lipinski definition) is 6. The fraction of sp³-hybridized carbons (Fsp3) is 0.462. The van der Waals surface area contributed by atoms with E-state index in [2.05, 4.69) is 0 Å². The molecule has 1 amide bonds. The number of likely N-dealkylation sites (tertiary alicyclic amines) is 1. The lowest BCUT2D eigenvalue weighted by Crippen LogP contribution is -2.40. The quantitative estimate of drug-likeness (QED) is 0.374. The number of nitrogens with zero attached hydrogens (tertiary/aromatic N) is 1. The fourth-order valence-electron chi connectivity index (χ4n) is 4.44. The molecule has 1 heterocycles. The molecule has 202 valence electrons. The minimum absolute atomic E-state index is 0.104. The van der Waals surface area contributed by atoms with Gasteiger partial charge in [-0.2, -0.15) is 0 Å². The lowest BCUT2D eigenvalue weighted by molar-refractivity contribution is -0.144. The largest absolute Gasteiger partial charge is 0.466 e. The van der Waals surface area contributed by atoms with Crippen molar-refractivity contribution in [3.05, 3.63) is 64.7 Å². The van der Waals surface area contributed by atoms with Crippen LogP contribution >= 0.6 is 11.6 Å². The summed E-state index contributed by atoms with van der Waals surface area (Å²) in [6.07, 6.45) is 0.859. The summed E-state index contributed by atoms with van der Waals surface area (Å²) in [7, 11) is -4.22. The van der Waals surface area contributed by atoms with Crippen LogP contribution in [-0.2, 0) is 24.1 Å². The number of carbonyl (C=O) groups excluding carboxylic acids is 2.